The van der Waals surface area contributed by atoms with Crippen molar-refractivity contribution in [2.75, 3.05) is 6.61 Å². The first-order chi connectivity index (χ1) is 13.7. The predicted octanol–water partition coefficient (Wildman–Crippen LogP) is 7.67. The molecule has 31 heavy (non-hydrogen) atoms. The summed E-state index contributed by atoms with van der Waals surface area (Å²) in [6.07, 6.45) is 4.62. The Morgan fingerprint density at radius 1 is 0.935 bits per heavy atom. The molecule has 0 aromatic carbocycles. The minimum absolute atomic E-state index is 0.112. The zero-order valence-electron chi connectivity index (χ0n) is 22.9. The van der Waals surface area contributed by atoms with Crippen molar-refractivity contribution in [2.45, 2.75) is 141 Å². The van der Waals surface area contributed by atoms with Gasteiger partial charge < -0.3 is 18.3 Å². The number of rotatable bonds is 10. The van der Waals surface area contributed by atoms with Gasteiger partial charge >= 0.3 is 0 Å². The van der Waals surface area contributed by atoms with Gasteiger partial charge in [-0.25, -0.2) is 0 Å². The summed E-state index contributed by atoms with van der Waals surface area (Å²) in [6.45, 7) is 33.9. The van der Waals surface area contributed by atoms with Crippen LogP contribution in [0.5, 0.6) is 0 Å². The average molecular weight is 473 g/mol. The quantitative estimate of drug-likeness (QED) is 0.241. The van der Waals surface area contributed by atoms with E-state index in [1.54, 1.807) is 0 Å². The molecule has 0 spiro atoms. The van der Waals surface area contributed by atoms with Crippen molar-refractivity contribution in [2.24, 2.45) is 0 Å². The van der Waals surface area contributed by atoms with Gasteiger partial charge in [-0.1, -0.05) is 47.6 Å². The van der Waals surface area contributed by atoms with E-state index in [1.807, 2.05) is 19.9 Å². The van der Waals surface area contributed by atoms with Gasteiger partial charge in [0.25, 0.3) is 0 Å². The summed E-state index contributed by atoms with van der Waals surface area (Å²) in [4.78, 5) is 0. The third-order valence-corrected chi connectivity index (χ3v) is 16.7. The molecular formula is C25H52O4Si2. The number of ether oxygens (including phenoxy) is 2. The van der Waals surface area contributed by atoms with Gasteiger partial charge in [-0.2, -0.15) is 0 Å². The first kappa shape index (κ1) is 29.0. The topological polar surface area (TPSA) is 36.9 Å². The molecule has 1 aliphatic rings. The summed E-state index contributed by atoms with van der Waals surface area (Å²) in [5, 5.41) is 0.391. The van der Waals surface area contributed by atoms with Gasteiger partial charge in [-0.05, 0) is 76.3 Å². The molecule has 6 heteroatoms. The maximum atomic E-state index is 6.88. The van der Waals surface area contributed by atoms with Crippen molar-refractivity contribution in [3.05, 3.63) is 12.7 Å². The summed E-state index contributed by atoms with van der Waals surface area (Å²) in [7, 11) is -3.66. The lowest BCUT2D eigenvalue weighted by Crippen LogP contribution is -2.46. The Labute approximate surface area is 195 Å². The molecule has 184 valence electrons. The standard InChI is InChI=1S/C25H52O4Si2/c1-15-21-25(10,29-24(8,9)27-21)18-16-20(28-31(13,14)23(5,6)7)17-19-26-30(11,12)22(2,3)4/h15,20-21H,1,16-19H2,2-14H3/t20-,21+,25-/m1/s1. The lowest BCUT2D eigenvalue weighted by molar-refractivity contribution is -0.161. The molecule has 0 aromatic heterocycles. The van der Waals surface area contributed by atoms with Crippen LogP contribution < -0.4 is 0 Å². The monoisotopic (exact) mass is 472 g/mol. The van der Waals surface area contributed by atoms with Crippen LogP contribution in [0.25, 0.3) is 0 Å². The molecule has 3 atom stereocenters. The van der Waals surface area contributed by atoms with Gasteiger partial charge in [0, 0.05) is 12.7 Å². The fraction of sp³-hybridized carbons (Fsp3) is 0.920. The molecule has 0 bridgehead atoms. The Bertz CT molecular complexity index is 602. The molecule has 0 radical (unpaired) electrons. The molecule has 0 unspecified atom stereocenters. The normalized spacial score (nSPS) is 26.2. The molecule has 0 aromatic rings. The molecule has 1 aliphatic heterocycles. The second kappa shape index (κ2) is 9.71. The molecule has 0 amide bonds. The summed E-state index contributed by atoms with van der Waals surface area (Å²) in [5.74, 6) is -0.588. The highest BCUT2D eigenvalue weighted by Crippen LogP contribution is 2.42. The zero-order chi connectivity index (χ0) is 24.5. The Kier molecular flexibility index (Phi) is 9.10. The Balaban J connectivity index is 2.92. The lowest BCUT2D eigenvalue weighted by Gasteiger charge is -2.41. The van der Waals surface area contributed by atoms with Gasteiger partial charge in [-0.3, -0.25) is 0 Å². The first-order valence-corrected chi connectivity index (χ1v) is 17.8. The number of hydrogen-bond donors (Lipinski definition) is 0. The molecular weight excluding hydrogens is 420 g/mol. The van der Waals surface area contributed by atoms with Crippen molar-refractivity contribution >= 4 is 16.6 Å². The number of hydrogen-bond acceptors (Lipinski definition) is 4. The van der Waals surface area contributed by atoms with Crippen LogP contribution in [0.3, 0.4) is 0 Å². The SMILES string of the molecule is C=C[C@@H]1OC(C)(C)O[C@]1(C)CC[C@H](CCO[Si](C)(C)C(C)(C)C)O[Si](C)(C)C(C)(C)C. The molecule has 1 fully saturated rings. The van der Waals surface area contributed by atoms with E-state index in [2.05, 4.69) is 81.2 Å². The summed E-state index contributed by atoms with van der Waals surface area (Å²) in [6, 6.07) is 0. The highest BCUT2D eigenvalue weighted by atomic mass is 28.4. The van der Waals surface area contributed by atoms with Gasteiger partial charge in [-0.15, -0.1) is 6.58 Å². The van der Waals surface area contributed by atoms with Gasteiger partial charge in [0.1, 0.15) is 6.10 Å². The van der Waals surface area contributed by atoms with Crippen LogP contribution in [0.15, 0.2) is 12.7 Å². The van der Waals surface area contributed by atoms with Gasteiger partial charge in [0.2, 0.25) is 0 Å². The average Bonchev–Trinajstić information content (AvgIpc) is 2.79. The van der Waals surface area contributed by atoms with Gasteiger partial charge in [0.05, 0.1) is 5.60 Å². The van der Waals surface area contributed by atoms with Crippen LogP contribution in [0.1, 0.15) is 81.6 Å². The van der Waals surface area contributed by atoms with E-state index in [9.17, 15) is 0 Å². The third kappa shape index (κ3) is 7.78. The Morgan fingerprint density at radius 2 is 1.45 bits per heavy atom. The Morgan fingerprint density at radius 3 is 1.90 bits per heavy atom. The van der Waals surface area contributed by atoms with E-state index < -0.39 is 22.4 Å². The van der Waals surface area contributed by atoms with Crippen molar-refractivity contribution < 1.29 is 18.3 Å². The maximum absolute atomic E-state index is 6.88. The van der Waals surface area contributed by atoms with Crippen molar-refractivity contribution in [3.8, 4) is 0 Å². The molecule has 0 N–H and O–H groups in total. The summed E-state index contributed by atoms with van der Waals surface area (Å²) >= 11 is 0. The zero-order valence-corrected chi connectivity index (χ0v) is 24.9. The molecule has 1 rings (SSSR count). The van der Waals surface area contributed by atoms with Crippen LogP contribution in [0, 0.1) is 0 Å². The van der Waals surface area contributed by atoms with E-state index >= 15 is 0 Å². The summed E-state index contributed by atoms with van der Waals surface area (Å²) in [5.41, 5.74) is -0.388. The van der Waals surface area contributed by atoms with Crippen molar-refractivity contribution in [3.63, 3.8) is 0 Å². The van der Waals surface area contributed by atoms with E-state index in [0.717, 1.165) is 25.9 Å². The molecule has 1 heterocycles. The fourth-order valence-electron chi connectivity index (χ4n) is 3.53. The predicted molar refractivity (Wildman–Crippen MR) is 138 cm³/mol. The Hall–Kier alpha value is 0.0138. The van der Waals surface area contributed by atoms with Crippen molar-refractivity contribution in [1.82, 2.24) is 0 Å². The minimum atomic E-state index is -1.89. The maximum Gasteiger partial charge on any atom is 0.192 e. The highest BCUT2D eigenvalue weighted by molar-refractivity contribution is 6.74. The molecule has 0 saturated carbocycles. The van der Waals surface area contributed by atoms with Crippen LogP contribution in [-0.4, -0.2) is 46.8 Å². The first-order valence-electron chi connectivity index (χ1n) is 12.0. The molecule has 4 nitrogen and oxygen atoms in total. The molecule has 0 aliphatic carbocycles. The van der Waals surface area contributed by atoms with E-state index in [4.69, 9.17) is 18.3 Å². The lowest BCUT2D eigenvalue weighted by atomic mass is 9.91. The fourth-order valence-corrected chi connectivity index (χ4v) is 6.01. The van der Waals surface area contributed by atoms with E-state index in [-0.39, 0.29) is 27.9 Å². The smallest absolute Gasteiger partial charge is 0.192 e. The largest absolute Gasteiger partial charge is 0.417 e. The van der Waals surface area contributed by atoms with Crippen molar-refractivity contribution in [1.29, 1.82) is 0 Å². The van der Waals surface area contributed by atoms with Crippen LogP contribution in [0.2, 0.25) is 36.3 Å². The van der Waals surface area contributed by atoms with E-state index in [1.165, 1.54) is 0 Å². The minimum Gasteiger partial charge on any atom is -0.417 e. The highest BCUT2D eigenvalue weighted by Gasteiger charge is 2.49. The second-order valence-electron chi connectivity index (χ2n) is 13.0. The van der Waals surface area contributed by atoms with Crippen LogP contribution in [0.4, 0.5) is 0 Å². The third-order valence-electron chi connectivity index (χ3n) is 7.64. The molecule has 1 saturated heterocycles. The van der Waals surface area contributed by atoms with Crippen LogP contribution >= 0.6 is 0 Å². The second-order valence-corrected chi connectivity index (χ2v) is 22.6. The van der Waals surface area contributed by atoms with E-state index in [0.29, 0.717) is 0 Å². The van der Waals surface area contributed by atoms with Crippen LogP contribution in [-0.2, 0) is 18.3 Å². The summed E-state index contributed by atoms with van der Waals surface area (Å²) < 4.78 is 25.8. The van der Waals surface area contributed by atoms with Gasteiger partial charge in [0.15, 0.2) is 22.4 Å².